The highest BCUT2D eigenvalue weighted by molar-refractivity contribution is 5.22. The van der Waals surface area contributed by atoms with Gasteiger partial charge in [0.05, 0.1) is 0 Å². The first-order valence-electron chi connectivity index (χ1n) is 7.53. The molecule has 1 saturated heterocycles. The van der Waals surface area contributed by atoms with Crippen LogP contribution < -0.4 is 5.32 Å². The Balaban J connectivity index is 2.26. The first-order chi connectivity index (χ1) is 9.63. The quantitative estimate of drug-likeness (QED) is 0.891. The summed E-state index contributed by atoms with van der Waals surface area (Å²) >= 11 is 0. The lowest BCUT2D eigenvalue weighted by Gasteiger charge is -2.38. The molecule has 0 spiro atoms. The summed E-state index contributed by atoms with van der Waals surface area (Å²) in [6, 6.07) is 4.52. The fourth-order valence-electron chi connectivity index (χ4n) is 3.17. The molecule has 0 radical (unpaired) electrons. The molecule has 1 aromatic rings. The van der Waals surface area contributed by atoms with E-state index < -0.39 is 11.6 Å². The molecule has 1 unspecified atom stereocenters. The minimum Gasteiger partial charge on any atom is -0.314 e. The summed E-state index contributed by atoms with van der Waals surface area (Å²) in [6.07, 6.45) is 2.20. The number of piperazine rings is 1. The Morgan fingerprint density at radius 3 is 2.50 bits per heavy atom. The van der Waals surface area contributed by atoms with Gasteiger partial charge < -0.3 is 5.32 Å². The van der Waals surface area contributed by atoms with E-state index in [1.165, 1.54) is 12.1 Å². The van der Waals surface area contributed by atoms with Gasteiger partial charge in [-0.1, -0.05) is 26.3 Å². The summed E-state index contributed by atoms with van der Waals surface area (Å²) in [5.74, 6) is -1.08. The van der Waals surface area contributed by atoms with E-state index >= 15 is 0 Å². The zero-order valence-corrected chi connectivity index (χ0v) is 12.3. The second-order valence-electron chi connectivity index (χ2n) is 5.67. The highest BCUT2D eigenvalue weighted by atomic mass is 19.2. The predicted molar refractivity (Wildman–Crippen MR) is 77.6 cm³/mol. The fourth-order valence-corrected chi connectivity index (χ4v) is 3.17. The smallest absolute Gasteiger partial charge is 0.159 e. The number of halogens is 2. The van der Waals surface area contributed by atoms with Gasteiger partial charge in [-0.2, -0.15) is 0 Å². The van der Waals surface area contributed by atoms with Crippen molar-refractivity contribution in [2.24, 2.45) is 5.92 Å². The zero-order chi connectivity index (χ0) is 14.5. The second kappa shape index (κ2) is 7.14. The molecule has 1 aliphatic rings. The SMILES string of the molecule is CCCC(C)[C@H](c1ccc(F)c(F)c1)N1CCNCC1. The van der Waals surface area contributed by atoms with Crippen molar-refractivity contribution in [3.8, 4) is 0 Å². The molecular formula is C16H24F2N2. The third-order valence-corrected chi connectivity index (χ3v) is 4.11. The van der Waals surface area contributed by atoms with E-state index in [1.54, 1.807) is 6.07 Å². The van der Waals surface area contributed by atoms with Crippen molar-refractivity contribution in [2.75, 3.05) is 26.2 Å². The number of rotatable bonds is 5. The van der Waals surface area contributed by atoms with Crippen LogP contribution >= 0.6 is 0 Å². The van der Waals surface area contributed by atoms with Crippen molar-refractivity contribution in [3.05, 3.63) is 35.4 Å². The van der Waals surface area contributed by atoms with Gasteiger partial charge in [0.15, 0.2) is 11.6 Å². The summed E-state index contributed by atoms with van der Waals surface area (Å²) in [5.41, 5.74) is 0.895. The van der Waals surface area contributed by atoms with E-state index in [4.69, 9.17) is 0 Å². The molecule has 1 aromatic carbocycles. The van der Waals surface area contributed by atoms with Crippen molar-refractivity contribution < 1.29 is 8.78 Å². The highest BCUT2D eigenvalue weighted by Crippen LogP contribution is 2.32. The molecule has 0 aromatic heterocycles. The van der Waals surface area contributed by atoms with Crippen LogP contribution in [0.1, 0.15) is 38.3 Å². The van der Waals surface area contributed by atoms with Crippen LogP contribution in [0.25, 0.3) is 0 Å². The third kappa shape index (κ3) is 3.55. The molecule has 1 heterocycles. The molecule has 2 atom stereocenters. The van der Waals surface area contributed by atoms with Gasteiger partial charge >= 0.3 is 0 Å². The lowest BCUT2D eigenvalue weighted by atomic mass is 9.89. The summed E-state index contributed by atoms with van der Waals surface area (Å²) in [4.78, 5) is 2.39. The van der Waals surface area contributed by atoms with Gasteiger partial charge in [0.1, 0.15) is 0 Å². The third-order valence-electron chi connectivity index (χ3n) is 4.11. The molecule has 0 bridgehead atoms. The molecule has 1 N–H and O–H groups in total. The van der Waals surface area contributed by atoms with Crippen LogP contribution in [0.15, 0.2) is 18.2 Å². The molecule has 0 aliphatic carbocycles. The molecular weight excluding hydrogens is 258 g/mol. The number of nitrogens with one attached hydrogen (secondary N) is 1. The van der Waals surface area contributed by atoms with Crippen LogP contribution in [0.2, 0.25) is 0 Å². The van der Waals surface area contributed by atoms with E-state index in [0.717, 1.165) is 44.6 Å². The Labute approximate surface area is 120 Å². The lowest BCUT2D eigenvalue weighted by molar-refractivity contribution is 0.125. The van der Waals surface area contributed by atoms with Gasteiger partial charge in [-0.05, 0) is 30.0 Å². The van der Waals surface area contributed by atoms with E-state index in [-0.39, 0.29) is 6.04 Å². The minimum absolute atomic E-state index is 0.173. The molecule has 0 amide bonds. The molecule has 0 saturated carbocycles. The Morgan fingerprint density at radius 1 is 1.20 bits per heavy atom. The monoisotopic (exact) mass is 282 g/mol. The molecule has 4 heteroatoms. The molecule has 1 fully saturated rings. The van der Waals surface area contributed by atoms with Gasteiger partial charge in [-0.15, -0.1) is 0 Å². The number of hydrogen-bond donors (Lipinski definition) is 1. The van der Waals surface area contributed by atoms with Crippen molar-refractivity contribution >= 4 is 0 Å². The Bertz CT molecular complexity index is 430. The van der Waals surface area contributed by atoms with Gasteiger partial charge in [-0.3, -0.25) is 4.90 Å². The molecule has 20 heavy (non-hydrogen) atoms. The highest BCUT2D eigenvalue weighted by Gasteiger charge is 2.27. The van der Waals surface area contributed by atoms with Crippen molar-refractivity contribution in [2.45, 2.75) is 32.7 Å². The topological polar surface area (TPSA) is 15.3 Å². The normalized spacial score (nSPS) is 19.8. The van der Waals surface area contributed by atoms with Crippen molar-refractivity contribution in [3.63, 3.8) is 0 Å². The van der Waals surface area contributed by atoms with E-state index in [1.807, 2.05) is 0 Å². The van der Waals surface area contributed by atoms with Crippen LogP contribution in [0.4, 0.5) is 8.78 Å². The van der Waals surface area contributed by atoms with Gasteiger partial charge in [0.25, 0.3) is 0 Å². The number of nitrogens with zero attached hydrogens (tertiary/aromatic N) is 1. The van der Waals surface area contributed by atoms with Crippen molar-refractivity contribution in [1.29, 1.82) is 0 Å². The maximum atomic E-state index is 13.6. The van der Waals surface area contributed by atoms with E-state index in [2.05, 4.69) is 24.1 Å². The average Bonchev–Trinajstić information content (AvgIpc) is 2.44. The van der Waals surface area contributed by atoms with Crippen LogP contribution in [0.5, 0.6) is 0 Å². The fraction of sp³-hybridized carbons (Fsp3) is 0.625. The maximum Gasteiger partial charge on any atom is 0.159 e. The second-order valence-corrected chi connectivity index (χ2v) is 5.67. The van der Waals surface area contributed by atoms with Gasteiger partial charge in [0, 0.05) is 32.2 Å². The largest absolute Gasteiger partial charge is 0.314 e. The molecule has 2 rings (SSSR count). The first-order valence-corrected chi connectivity index (χ1v) is 7.53. The molecule has 1 aliphatic heterocycles. The Morgan fingerprint density at radius 2 is 1.90 bits per heavy atom. The summed E-state index contributed by atoms with van der Waals surface area (Å²) in [5, 5.41) is 3.34. The van der Waals surface area contributed by atoms with Gasteiger partial charge in [-0.25, -0.2) is 8.78 Å². The Kier molecular flexibility index (Phi) is 5.49. The predicted octanol–water partition coefficient (Wildman–Crippen LogP) is 3.35. The zero-order valence-electron chi connectivity index (χ0n) is 12.3. The standard InChI is InChI=1S/C16H24F2N2/c1-3-4-12(2)16(20-9-7-19-8-10-20)13-5-6-14(17)15(18)11-13/h5-6,11-12,16,19H,3-4,7-10H2,1-2H3/t12?,16-/m1/s1. The van der Waals surface area contributed by atoms with Crippen molar-refractivity contribution in [1.82, 2.24) is 10.2 Å². The molecule has 112 valence electrons. The van der Waals surface area contributed by atoms with Gasteiger partial charge in [0.2, 0.25) is 0 Å². The summed E-state index contributed by atoms with van der Waals surface area (Å²) in [6.45, 7) is 8.20. The summed E-state index contributed by atoms with van der Waals surface area (Å²) < 4.78 is 26.7. The van der Waals surface area contributed by atoms with Crippen LogP contribution in [-0.2, 0) is 0 Å². The van der Waals surface area contributed by atoms with E-state index in [9.17, 15) is 8.78 Å². The van der Waals surface area contributed by atoms with Crippen LogP contribution in [0.3, 0.4) is 0 Å². The summed E-state index contributed by atoms with van der Waals surface area (Å²) in [7, 11) is 0. The lowest BCUT2D eigenvalue weighted by Crippen LogP contribution is -2.46. The number of benzene rings is 1. The first kappa shape index (κ1) is 15.4. The average molecular weight is 282 g/mol. The van der Waals surface area contributed by atoms with E-state index in [0.29, 0.717) is 5.92 Å². The van der Waals surface area contributed by atoms with Crippen LogP contribution in [-0.4, -0.2) is 31.1 Å². The number of hydrogen-bond acceptors (Lipinski definition) is 2. The Hall–Kier alpha value is -1.00. The van der Waals surface area contributed by atoms with Crippen LogP contribution in [0, 0.1) is 17.6 Å². The minimum atomic E-state index is -0.768. The maximum absolute atomic E-state index is 13.6. The molecule has 2 nitrogen and oxygen atoms in total.